The second kappa shape index (κ2) is 11.8. The highest BCUT2D eigenvalue weighted by atomic mass is 79.9. The molecule has 2 rings (SSSR count). The summed E-state index contributed by atoms with van der Waals surface area (Å²) in [7, 11) is 4.10. The molecule has 0 aliphatic rings. The first-order valence-electron chi connectivity index (χ1n) is 9.69. The van der Waals surface area contributed by atoms with Gasteiger partial charge >= 0.3 is 0 Å². The maximum Gasteiger partial charge on any atom is 0.262 e. The van der Waals surface area contributed by atoms with Gasteiger partial charge in [0, 0.05) is 29.8 Å². The van der Waals surface area contributed by atoms with Crippen LogP contribution in [-0.2, 0) is 11.3 Å². The minimum atomic E-state index is -0.221. The van der Waals surface area contributed by atoms with Crippen LogP contribution in [0, 0.1) is 6.92 Å². The fourth-order valence-electron chi connectivity index (χ4n) is 2.60. The van der Waals surface area contributed by atoms with E-state index in [0.717, 1.165) is 34.4 Å². The first-order chi connectivity index (χ1) is 13.9. The van der Waals surface area contributed by atoms with Crippen molar-refractivity contribution >= 4 is 27.5 Å². The van der Waals surface area contributed by atoms with Gasteiger partial charge < -0.3 is 25.0 Å². The van der Waals surface area contributed by atoms with Crippen LogP contribution in [0.1, 0.15) is 18.1 Å². The van der Waals surface area contributed by atoms with Crippen molar-refractivity contribution in [2.75, 3.05) is 45.7 Å². The SMILES string of the molecule is CCOc1cc(CNCCN(C)C)c(Br)cc1OCC(=O)Nc1ccc(C)cc1. The third kappa shape index (κ3) is 8.04. The van der Waals surface area contributed by atoms with Crippen LogP contribution < -0.4 is 20.1 Å². The van der Waals surface area contributed by atoms with Crippen LogP contribution >= 0.6 is 15.9 Å². The zero-order valence-electron chi connectivity index (χ0n) is 17.5. The standard InChI is InChI=1S/C22H30BrN3O3/c1-5-28-20-12-17(14-24-10-11-26(3)4)19(23)13-21(20)29-15-22(27)25-18-8-6-16(2)7-9-18/h6-9,12-13,24H,5,10-11,14-15H2,1-4H3,(H,25,27). The predicted octanol–water partition coefficient (Wildman–Crippen LogP) is 3.82. The first-order valence-corrected chi connectivity index (χ1v) is 10.5. The van der Waals surface area contributed by atoms with E-state index in [2.05, 4.69) is 31.5 Å². The second-order valence-corrected chi connectivity index (χ2v) is 7.86. The molecule has 0 unspecified atom stereocenters. The van der Waals surface area contributed by atoms with Crippen LogP contribution in [0.5, 0.6) is 11.5 Å². The van der Waals surface area contributed by atoms with Gasteiger partial charge in [0.1, 0.15) is 0 Å². The van der Waals surface area contributed by atoms with Gasteiger partial charge in [-0.05, 0) is 57.8 Å². The highest BCUT2D eigenvalue weighted by molar-refractivity contribution is 9.10. The molecule has 0 bridgehead atoms. The maximum atomic E-state index is 12.2. The van der Waals surface area contributed by atoms with Gasteiger partial charge in [0.2, 0.25) is 0 Å². The summed E-state index contributed by atoms with van der Waals surface area (Å²) < 4.78 is 12.4. The number of anilines is 1. The Kier molecular flexibility index (Phi) is 9.44. The fraction of sp³-hybridized carbons (Fsp3) is 0.409. The lowest BCUT2D eigenvalue weighted by Crippen LogP contribution is -2.26. The minimum absolute atomic E-state index is 0.0964. The number of ether oxygens (including phenoxy) is 2. The molecule has 2 aromatic rings. The maximum absolute atomic E-state index is 12.2. The number of amides is 1. The average Bonchev–Trinajstić information content (AvgIpc) is 2.67. The van der Waals surface area contributed by atoms with Crippen molar-refractivity contribution in [2.45, 2.75) is 20.4 Å². The normalized spacial score (nSPS) is 10.8. The number of carbonyl (C=O) groups is 1. The third-order valence-electron chi connectivity index (χ3n) is 4.16. The van der Waals surface area contributed by atoms with E-state index >= 15 is 0 Å². The van der Waals surface area contributed by atoms with Crippen LogP contribution in [-0.4, -0.2) is 51.2 Å². The molecule has 0 aromatic heterocycles. The smallest absolute Gasteiger partial charge is 0.262 e. The van der Waals surface area contributed by atoms with Crippen molar-refractivity contribution < 1.29 is 14.3 Å². The summed E-state index contributed by atoms with van der Waals surface area (Å²) in [5.74, 6) is 0.944. The quantitative estimate of drug-likeness (QED) is 0.495. The van der Waals surface area contributed by atoms with Crippen LogP contribution in [0.4, 0.5) is 5.69 Å². The van der Waals surface area contributed by atoms with Crippen molar-refractivity contribution in [2.24, 2.45) is 0 Å². The number of benzene rings is 2. The van der Waals surface area contributed by atoms with Crippen LogP contribution in [0.3, 0.4) is 0 Å². The molecule has 0 aliphatic carbocycles. The number of likely N-dealkylation sites (N-methyl/N-ethyl adjacent to an activating group) is 1. The number of hydrogen-bond acceptors (Lipinski definition) is 5. The molecule has 158 valence electrons. The van der Waals surface area contributed by atoms with Crippen molar-refractivity contribution in [3.8, 4) is 11.5 Å². The van der Waals surface area contributed by atoms with Gasteiger partial charge in [-0.15, -0.1) is 0 Å². The zero-order chi connectivity index (χ0) is 21.2. The fourth-order valence-corrected chi connectivity index (χ4v) is 3.06. The molecule has 29 heavy (non-hydrogen) atoms. The second-order valence-electron chi connectivity index (χ2n) is 7.01. The summed E-state index contributed by atoms with van der Waals surface area (Å²) in [4.78, 5) is 14.3. The summed E-state index contributed by atoms with van der Waals surface area (Å²) in [6.45, 7) is 6.91. The van der Waals surface area contributed by atoms with Gasteiger partial charge in [-0.2, -0.15) is 0 Å². The van der Waals surface area contributed by atoms with Gasteiger partial charge in [-0.25, -0.2) is 0 Å². The molecule has 0 saturated heterocycles. The molecule has 2 N–H and O–H groups in total. The monoisotopic (exact) mass is 463 g/mol. The molecular weight excluding hydrogens is 434 g/mol. The van der Waals surface area contributed by atoms with Crippen molar-refractivity contribution in [1.82, 2.24) is 10.2 Å². The third-order valence-corrected chi connectivity index (χ3v) is 4.90. The van der Waals surface area contributed by atoms with E-state index in [1.165, 1.54) is 0 Å². The van der Waals surface area contributed by atoms with Crippen LogP contribution in [0.15, 0.2) is 40.9 Å². The Morgan fingerprint density at radius 1 is 1.10 bits per heavy atom. The van der Waals surface area contributed by atoms with Gasteiger partial charge in [0.15, 0.2) is 18.1 Å². The Morgan fingerprint density at radius 2 is 1.79 bits per heavy atom. The number of nitrogens with zero attached hydrogens (tertiary/aromatic N) is 1. The number of aryl methyl sites for hydroxylation is 1. The summed E-state index contributed by atoms with van der Waals surface area (Å²) >= 11 is 3.59. The first kappa shape index (κ1) is 23.2. The molecular formula is C22H30BrN3O3. The molecule has 0 aliphatic heterocycles. The molecule has 2 aromatic carbocycles. The average molecular weight is 464 g/mol. The van der Waals surface area contributed by atoms with E-state index in [-0.39, 0.29) is 12.5 Å². The molecule has 0 radical (unpaired) electrons. The summed E-state index contributed by atoms with van der Waals surface area (Å²) in [5.41, 5.74) is 2.96. The van der Waals surface area contributed by atoms with E-state index < -0.39 is 0 Å². The van der Waals surface area contributed by atoms with E-state index in [1.807, 2.05) is 64.3 Å². The summed E-state index contributed by atoms with van der Waals surface area (Å²) in [6.07, 6.45) is 0. The lowest BCUT2D eigenvalue weighted by atomic mass is 10.2. The van der Waals surface area contributed by atoms with Gasteiger partial charge in [0.25, 0.3) is 5.91 Å². The lowest BCUT2D eigenvalue weighted by Gasteiger charge is -2.16. The predicted molar refractivity (Wildman–Crippen MR) is 121 cm³/mol. The van der Waals surface area contributed by atoms with E-state index in [4.69, 9.17) is 9.47 Å². The van der Waals surface area contributed by atoms with Crippen LogP contribution in [0.2, 0.25) is 0 Å². The Morgan fingerprint density at radius 3 is 2.45 bits per heavy atom. The molecule has 6 nitrogen and oxygen atoms in total. The van der Waals surface area contributed by atoms with Crippen molar-refractivity contribution in [1.29, 1.82) is 0 Å². The Labute approximate surface area is 181 Å². The zero-order valence-corrected chi connectivity index (χ0v) is 19.1. The number of nitrogens with one attached hydrogen (secondary N) is 2. The molecule has 0 atom stereocenters. The highest BCUT2D eigenvalue weighted by Crippen LogP contribution is 2.34. The Bertz CT molecular complexity index is 795. The van der Waals surface area contributed by atoms with Gasteiger partial charge in [-0.3, -0.25) is 4.79 Å². The number of rotatable bonds is 11. The summed E-state index contributed by atoms with van der Waals surface area (Å²) in [5, 5.41) is 6.24. The molecule has 0 fully saturated rings. The van der Waals surface area contributed by atoms with E-state index in [0.29, 0.717) is 24.7 Å². The van der Waals surface area contributed by atoms with Gasteiger partial charge in [-0.1, -0.05) is 33.6 Å². The number of carbonyl (C=O) groups excluding carboxylic acids is 1. The minimum Gasteiger partial charge on any atom is -0.490 e. The van der Waals surface area contributed by atoms with Crippen molar-refractivity contribution in [3.63, 3.8) is 0 Å². The molecule has 1 amide bonds. The lowest BCUT2D eigenvalue weighted by molar-refractivity contribution is -0.118. The molecule has 0 heterocycles. The van der Waals surface area contributed by atoms with Crippen LogP contribution in [0.25, 0.3) is 0 Å². The Hall–Kier alpha value is -2.09. The van der Waals surface area contributed by atoms with Crippen molar-refractivity contribution in [3.05, 3.63) is 52.0 Å². The van der Waals surface area contributed by atoms with Gasteiger partial charge in [0.05, 0.1) is 6.61 Å². The molecule has 0 spiro atoms. The van der Waals surface area contributed by atoms with E-state index in [9.17, 15) is 4.79 Å². The summed E-state index contributed by atoms with van der Waals surface area (Å²) in [6, 6.07) is 11.4. The number of hydrogen-bond donors (Lipinski definition) is 2. The van der Waals surface area contributed by atoms with E-state index in [1.54, 1.807) is 0 Å². The number of halogens is 1. The molecule has 7 heteroatoms. The molecule has 0 saturated carbocycles. The highest BCUT2D eigenvalue weighted by Gasteiger charge is 2.13. The Balaban J connectivity index is 1.98. The topological polar surface area (TPSA) is 62.8 Å². The largest absolute Gasteiger partial charge is 0.490 e.